The van der Waals surface area contributed by atoms with Crippen LogP contribution in [0.25, 0.3) is 0 Å². The molecule has 0 aliphatic heterocycles. The van der Waals surface area contributed by atoms with Crippen molar-refractivity contribution in [1.29, 1.82) is 0 Å². The summed E-state index contributed by atoms with van der Waals surface area (Å²) in [5, 5.41) is 14.7. The SMILES string of the molecule is CC(C)(C)OC(=O)Nc1ccc(CC(=O)NCc2ccc(O)cc2)cc1. The van der Waals surface area contributed by atoms with Gasteiger partial charge in [0.1, 0.15) is 11.4 Å². The number of phenols is 1. The van der Waals surface area contributed by atoms with Crippen LogP contribution in [0.15, 0.2) is 48.5 Å². The highest BCUT2D eigenvalue weighted by Gasteiger charge is 2.16. The van der Waals surface area contributed by atoms with Crippen molar-refractivity contribution < 1.29 is 19.4 Å². The molecule has 0 unspecified atom stereocenters. The van der Waals surface area contributed by atoms with Crippen molar-refractivity contribution in [2.75, 3.05) is 5.32 Å². The monoisotopic (exact) mass is 356 g/mol. The number of carbonyl (C=O) groups excluding carboxylic acids is 2. The second-order valence-electron chi connectivity index (χ2n) is 6.94. The lowest BCUT2D eigenvalue weighted by Crippen LogP contribution is -2.27. The molecular formula is C20H24N2O4. The van der Waals surface area contributed by atoms with Gasteiger partial charge in [-0.3, -0.25) is 10.1 Å². The van der Waals surface area contributed by atoms with Gasteiger partial charge in [-0.1, -0.05) is 24.3 Å². The Hall–Kier alpha value is -3.02. The lowest BCUT2D eigenvalue weighted by atomic mass is 10.1. The molecule has 0 saturated carbocycles. The molecule has 0 aliphatic rings. The van der Waals surface area contributed by atoms with Gasteiger partial charge in [0, 0.05) is 12.2 Å². The summed E-state index contributed by atoms with van der Waals surface area (Å²) in [5.41, 5.74) is 1.79. The van der Waals surface area contributed by atoms with E-state index in [1.54, 1.807) is 69.3 Å². The topological polar surface area (TPSA) is 87.7 Å². The van der Waals surface area contributed by atoms with Crippen molar-refractivity contribution in [3.8, 4) is 5.75 Å². The van der Waals surface area contributed by atoms with E-state index >= 15 is 0 Å². The summed E-state index contributed by atoms with van der Waals surface area (Å²) >= 11 is 0. The predicted octanol–water partition coefficient (Wildman–Crippen LogP) is 3.60. The Morgan fingerprint density at radius 2 is 1.54 bits per heavy atom. The average Bonchev–Trinajstić information content (AvgIpc) is 2.54. The van der Waals surface area contributed by atoms with E-state index in [2.05, 4.69) is 10.6 Å². The zero-order valence-corrected chi connectivity index (χ0v) is 15.2. The summed E-state index contributed by atoms with van der Waals surface area (Å²) in [6, 6.07) is 13.7. The van der Waals surface area contributed by atoms with E-state index < -0.39 is 11.7 Å². The van der Waals surface area contributed by atoms with Crippen LogP contribution in [0.5, 0.6) is 5.75 Å². The lowest BCUT2D eigenvalue weighted by Gasteiger charge is -2.19. The fourth-order valence-electron chi connectivity index (χ4n) is 2.19. The Balaban J connectivity index is 1.81. The third-order valence-corrected chi connectivity index (χ3v) is 3.39. The maximum Gasteiger partial charge on any atom is 0.412 e. The molecule has 138 valence electrons. The van der Waals surface area contributed by atoms with Crippen molar-refractivity contribution >= 4 is 17.7 Å². The second kappa shape index (κ2) is 8.38. The normalized spacial score (nSPS) is 10.9. The second-order valence-corrected chi connectivity index (χ2v) is 6.94. The molecule has 2 amide bonds. The zero-order chi connectivity index (χ0) is 19.2. The van der Waals surface area contributed by atoms with Gasteiger partial charge in [0.05, 0.1) is 6.42 Å². The first-order valence-corrected chi connectivity index (χ1v) is 8.35. The van der Waals surface area contributed by atoms with Gasteiger partial charge in [-0.25, -0.2) is 4.79 Å². The number of ether oxygens (including phenoxy) is 1. The highest BCUT2D eigenvalue weighted by atomic mass is 16.6. The van der Waals surface area contributed by atoms with Crippen LogP contribution in [-0.4, -0.2) is 22.7 Å². The minimum Gasteiger partial charge on any atom is -0.508 e. The highest BCUT2D eigenvalue weighted by molar-refractivity contribution is 5.85. The first-order chi connectivity index (χ1) is 12.2. The van der Waals surface area contributed by atoms with E-state index in [4.69, 9.17) is 4.74 Å². The van der Waals surface area contributed by atoms with E-state index in [9.17, 15) is 14.7 Å². The number of aromatic hydroxyl groups is 1. The van der Waals surface area contributed by atoms with Crippen LogP contribution in [-0.2, 0) is 22.5 Å². The van der Waals surface area contributed by atoms with Crippen LogP contribution in [0, 0.1) is 0 Å². The molecule has 0 aliphatic carbocycles. The van der Waals surface area contributed by atoms with Crippen LogP contribution < -0.4 is 10.6 Å². The zero-order valence-electron chi connectivity index (χ0n) is 15.2. The van der Waals surface area contributed by atoms with Crippen molar-refractivity contribution in [3.63, 3.8) is 0 Å². The number of amides is 2. The van der Waals surface area contributed by atoms with Gasteiger partial charge in [0.15, 0.2) is 0 Å². The van der Waals surface area contributed by atoms with E-state index in [0.29, 0.717) is 12.2 Å². The first kappa shape index (κ1) is 19.3. The molecule has 2 aromatic carbocycles. The predicted molar refractivity (Wildman–Crippen MR) is 100.0 cm³/mol. The molecule has 0 atom stereocenters. The van der Waals surface area contributed by atoms with Gasteiger partial charge in [0.2, 0.25) is 5.91 Å². The Kier molecular flexibility index (Phi) is 6.22. The number of phenolic OH excluding ortho intramolecular Hbond substituents is 1. The number of benzene rings is 2. The summed E-state index contributed by atoms with van der Waals surface area (Å²) in [5.74, 6) is 0.0890. The fourth-order valence-corrected chi connectivity index (χ4v) is 2.19. The maximum atomic E-state index is 12.0. The van der Waals surface area contributed by atoms with Crippen LogP contribution in [0.3, 0.4) is 0 Å². The summed E-state index contributed by atoms with van der Waals surface area (Å²) < 4.78 is 5.19. The van der Waals surface area contributed by atoms with Gasteiger partial charge in [-0.15, -0.1) is 0 Å². The molecule has 0 saturated heterocycles. The number of rotatable bonds is 5. The third kappa shape index (κ3) is 6.84. The largest absolute Gasteiger partial charge is 0.508 e. The van der Waals surface area contributed by atoms with Crippen molar-refractivity contribution in [2.45, 2.75) is 39.3 Å². The summed E-state index contributed by atoms with van der Waals surface area (Å²) in [4.78, 5) is 23.7. The van der Waals surface area contributed by atoms with Gasteiger partial charge in [-0.2, -0.15) is 0 Å². The summed E-state index contributed by atoms with van der Waals surface area (Å²) in [6.07, 6.45) is -0.276. The van der Waals surface area contributed by atoms with Crippen molar-refractivity contribution in [2.24, 2.45) is 0 Å². The Labute approximate surface area is 153 Å². The number of hydrogen-bond acceptors (Lipinski definition) is 4. The smallest absolute Gasteiger partial charge is 0.412 e. The van der Waals surface area contributed by atoms with Crippen molar-refractivity contribution in [3.05, 3.63) is 59.7 Å². The molecule has 0 radical (unpaired) electrons. The van der Waals surface area contributed by atoms with Gasteiger partial charge in [0.25, 0.3) is 0 Å². The first-order valence-electron chi connectivity index (χ1n) is 8.35. The Bertz CT molecular complexity index is 747. The molecule has 2 rings (SSSR count). The minimum atomic E-state index is -0.556. The molecule has 0 aromatic heterocycles. The molecule has 2 aromatic rings. The van der Waals surface area contributed by atoms with E-state index in [1.165, 1.54) is 0 Å². The minimum absolute atomic E-state index is 0.106. The summed E-state index contributed by atoms with van der Waals surface area (Å²) in [7, 11) is 0. The van der Waals surface area contributed by atoms with Gasteiger partial charge in [-0.05, 0) is 56.2 Å². The van der Waals surface area contributed by atoms with Crippen LogP contribution in [0.1, 0.15) is 31.9 Å². The van der Waals surface area contributed by atoms with E-state index in [-0.39, 0.29) is 18.1 Å². The maximum absolute atomic E-state index is 12.0. The number of hydrogen-bond donors (Lipinski definition) is 3. The molecule has 0 heterocycles. The molecule has 0 spiro atoms. The Morgan fingerprint density at radius 3 is 2.12 bits per heavy atom. The quantitative estimate of drug-likeness (QED) is 0.764. The lowest BCUT2D eigenvalue weighted by molar-refractivity contribution is -0.120. The van der Waals surface area contributed by atoms with Crippen LogP contribution in [0.4, 0.5) is 10.5 Å². The summed E-state index contributed by atoms with van der Waals surface area (Å²) in [6.45, 7) is 5.79. The molecule has 3 N–H and O–H groups in total. The Morgan fingerprint density at radius 1 is 0.962 bits per heavy atom. The van der Waals surface area contributed by atoms with E-state index in [1.807, 2.05) is 0 Å². The standard InChI is InChI=1S/C20H24N2O4/c1-20(2,3)26-19(25)22-16-8-4-14(5-9-16)12-18(24)21-13-15-6-10-17(23)11-7-15/h4-11,23H,12-13H2,1-3H3,(H,21,24)(H,22,25). The molecule has 6 nitrogen and oxygen atoms in total. The molecule has 0 fully saturated rings. The van der Waals surface area contributed by atoms with E-state index in [0.717, 1.165) is 11.1 Å². The van der Waals surface area contributed by atoms with Crippen molar-refractivity contribution in [1.82, 2.24) is 5.32 Å². The third-order valence-electron chi connectivity index (χ3n) is 3.39. The number of carbonyl (C=O) groups is 2. The molecular weight excluding hydrogens is 332 g/mol. The highest BCUT2D eigenvalue weighted by Crippen LogP contribution is 2.13. The van der Waals surface area contributed by atoms with Crippen LogP contribution in [0.2, 0.25) is 0 Å². The number of nitrogens with one attached hydrogen (secondary N) is 2. The molecule has 26 heavy (non-hydrogen) atoms. The van der Waals surface area contributed by atoms with Gasteiger partial charge >= 0.3 is 6.09 Å². The number of anilines is 1. The molecule has 6 heteroatoms. The fraction of sp³-hybridized carbons (Fsp3) is 0.300. The average molecular weight is 356 g/mol. The van der Waals surface area contributed by atoms with Crippen LogP contribution >= 0.6 is 0 Å². The molecule has 0 bridgehead atoms. The van der Waals surface area contributed by atoms with Gasteiger partial charge < -0.3 is 15.2 Å².